The van der Waals surface area contributed by atoms with E-state index in [1.807, 2.05) is 38.1 Å². The minimum atomic E-state index is -0.831. The highest BCUT2D eigenvalue weighted by molar-refractivity contribution is 5.71. The predicted octanol–water partition coefficient (Wildman–Crippen LogP) is 3.34. The molecule has 19 heavy (non-hydrogen) atoms. The highest BCUT2D eigenvalue weighted by Crippen LogP contribution is 2.28. The van der Waals surface area contributed by atoms with Gasteiger partial charge in [-0.25, -0.2) is 0 Å². The quantitative estimate of drug-likeness (QED) is 0.875. The van der Waals surface area contributed by atoms with Crippen LogP contribution in [0.25, 0.3) is 0 Å². The Labute approximate surface area is 115 Å². The fourth-order valence-electron chi connectivity index (χ4n) is 2.27. The average Bonchev–Trinajstić information content (AvgIpc) is 2.27. The summed E-state index contributed by atoms with van der Waals surface area (Å²) in [5.41, 5.74) is 8.32. The Kier molecular flexibility index (Phi) is 4.75. The van der Waals surface area contributed by atoms with Crippen molar-refractivity contribution in [2.75, 3.05) is 0 Å². The van der Waals surface area contributed by atoms with Gasteiger partial charge in [-0.3, -0.25) is 4.79 Å². The van der Waals surface area contributed by atoms with Crippen LogP contribution in [-0.4, -0.2) is 11.1 Å². The number of carbonyl (C=O) groups is 1. The van der Waals surface area contributed by atoms with Crippen molar-refractivity contribution in [3.8, 4) is 0 Å². The first-order valence-electron chi connectivity index (χ1n) is 6.73. The number of rotatable bonds is 4. The Bertz CT molecular complexity index is 429. The lowest BCUT2D eigenvalue weighted by Crippen LogP contribution is -2.32. The highest BCUT2D eigenvalue weighted by Gasteiger charge is 2.29. The lowest BCUT2D eigenvalue weighted by Gasteiger charge is -2.25. The maximum absolute atomic E-state index is 11.3. The van der Waals surface area contributed by atoms with Crippen molar-refractivity contribution in [3.05, 3.63) is 35.4 Å². The minimum absolute atomic E-state index is 0.00907. The summed E-state index contributed by atoms with van der Waals surface area (Å²) in [5, 5.41) is 9.28. The number of benzene rings is 1. The van der Waals surface area contributed by atoms with Crippen LogP contribution in [-0.2, 0) is 10.2 Å². The molecule has 0 aliphatic carbocycles. The molecule has 0 saturated carbocycles. The molecule has 0 aromatic heterocycles. The van der Waals surface area contributed by atoms with Gasteiger partial charge in [0, 0.05) is 6.04 Å². The Morgan fingerprint density at radius 2 is 1.63 bits per heavy atom. The van der Waals surface area contributed by atoms with Gasteiger partial charge >= 0.3 is 5.97 Å². The van der Waals surface area contributed by atoms with E-state index in [1.165, 1.54) is 5.56 Å². The summed E-state index contributed by atoms with van der Waals surface area (Å²) in [6.07, 6.45) is 0. The summed E-state index contributed by atoms with van der Waals surface area (Å²) in [6.45, 7) is 10.2. The molecule has 3 heteroatoms. The van der Waals surface area contributed by atoms with Crippen molar-refractivity contribution in [2.45, 2.75) is 46.1 Å². The number of aliphatic carboxylic acids is 1. The van der Waals surface area contributed by atoms with E-state index in [1.54, 1.807) is 0 Å². The van der Waals surface area contributed by atoms with Gasteiger partial charge < -0.3 is 10.8 Å². The lowest BCUT2D eigenvalue weighted by molar-refractivity contribution is -0.144. The zero-order valence-corrected chi connectivity index (χ0v) is 12.5. The first kappa shape index (κ1) is 15.7. The molecular weight excluding hydrogens is 238 g/mol. The van der Waals surface area contributed by atoms with Gasteiger partial charge in [-0.05, 0) is 22.5 Å². The predicted molar refractivity (Wildman–Crippen MR) is 78.0 cm³/mol. The fourth-order valence-corrected chi connectivity index (χ4v) is 2.27. The van der Waals surface area contributed by atoms with E-state index in [9.17, 15) is 9.90 Å². The molecule has 0 saturated heterocycles. The number of hydrogen-bond acceptors (Lipinski definition) is 2. The summed E-state index contributed by atoms with van der Waals surface area (Å²) < 4.78 is 0. The molecular formula is C16H25NO2. The van der Waals surface area contributed by atoms with Gasteiger partial charge in [0.05, 0.1) is 5.92 Å². The van der Waals surface area contributed by atoms with Crippen LogP contribution >= 0.6 is 0 Å². The Balaban J connectivity index is 3.00. The molecule has 106 valence electrons. The van der Waals surface area contributed by atoms with Gasteiger partial charge in [-0.15, -0.1) is 0 Å². The standard InChI is InChI=1S/C16H25NO2/c1-10(2)13(15(18)19)14(17)11-6-8-12(9-7-11)16(3,4)5/h6-10,13-14H,17H2,1-5H3,(H,18,19). The van der Waals surface area contributed by atoms with Crippen molar-refractivity contribution in [1.82, 2.24) is 0 Å². The van der Waals surface area contributed by atoms with E-state index >= 15 is 0 Å². The molecule has 2 unspecified atom stereocenters. The van der Waals surface area contributed by atoms with E-state index < -0.39 is 17.9 Å². The zero-order valence-electron chi connectivity index (χ0n) is 12.5. The van der Waals surface area contributed by atoms with Crippen LogP contribution in [0.15, 0.2) is 24.3 Å². The minimum Gasteiger partial charge on any atom is -0.481 e. The average molecular weight is 263 g/mol. The number of nitrogens with two attached hydrogens (primary N) is 1. The molecule has 0 aliphatic heterocycles. The van der Waals surface area contributed by atoms with Crippen molar-refractivity contribution < 1.29 is 9.90 Å². The van der Waals surface area contributed by atoms with E-state index in [0.717, 1.165) is 5.56 Å². The van der Waals surface area contributed by atoms with Crippen LogP contribution < -0.4 is 5.73 Å². The van der Waals surface area contributed by atoms with Gasteiger partial charge in [0.1, 0.15) is 0 Å². The SMILES string of the molecule is CC(C)C(C(=O)O)C(N)c1ccc(C(C)(C)C)cc1. The second-order valence-electron chi connectivity index (χ2n) is 6.51. The van der Waals surface area contributed by atoms with Crippen molar-refractivity contribution >= 4 is 5.97 Å². The molecule has 0 spiro atoms. The van der Waals surface area contributed by atoms with Crippen LogP contribution in [0.4, 0.5) is 0 Å². The Morgan fingerprint density at radius 1 is 1.16 bits per heavy atom. The normalized spacial score (nSPS) is 15.3. The lowest BCUT2D eigenvalue weighted by atomic mass is 9.82. The fraction of sp³-hybridized carbons (Fsp3) is 0.562. The third kappa shape index (κ3) is 3.80. The highest BCUT2D eigenvalue weighted by atomic mass is 16.4. The van der Waals surface area contributed by atoms with E-state index in [-0.39, 0.29) is 11.3 Å². The molecule has 0 radical (unpaired) electrons. The van der Waals surface area contributed by atoms with E-state index in [4.69, 9.17) is 5.73 Å². The molecule has 3 nitrogen and oxygen atoms in total. The van der Waals surface area contributed by atoms with Gasteiger partial charge in [0.2, 0.25) is 0 Å². The van der Waals surface area contributed by atoms with Gasteiger partial charge in [-0.2, -0.15) is 0 Å². The maximum Gasteiger partial charge on any atom is 0.308 e. The van der Waals surface area contributed by atoms with Gasteiger partial charge in [0.25, 0.3) is 0 Å². The van der Waals surface area contributed by atoms with Crippen LogP contribution in [0.5, 0.6) is 0 Å². The first-order valence-corrected chi connectivity index (χ1v) is 6.73. The summed E-state index contributed by atoms with van der Waals surface area (Å²) in [4.78, 5) is 11.3. The van der Waals surface area contributed by atoms with Crippen LogP contribution in [0.2, 0.25) is 0 Å². The second-order valence-corrected chi connectivity index (χ2v) is 6.51. The monoisotopic (exact) mass is 263 g/mol. The smallest absolute Gasteiger partial charge is 0.308 e. The molecule has 2 atom stereocenters. The number of carboxylic acids is 1. The van der Waals surface area contributed by atoms with Gasteiger partial charge in [0.15, 0.2) is 0 Å². The molecule has 1 aromatic rings. The third-order valence-electron chi connectivity index (χ3n) is 3.55. The summed E-state index contributed by atoms with van der Waals surface area (Å²) in [6, 6.07) is 7.50. The largest absolute Gasteiger partial charge is 0.481 e. The Morgan fingerprint density at radius 3 is 1.95 bits per heavy atom. The van der Waals surface area contributed by atoms with Crippen LogP contribution in [0.3, 0.4) is 0 Å². The molecule has 3 N–H and O–H groups in total. The molecule has 0 aliphatic rings. The summed E-state index contributed by atoms with van der Waals surface area (Å²) in [7, 11) is 0. The number of carboxylic acid groups (broad SMARTS) is 1. The molecule has 1 rings (SSSR count). The van der Waals surface area contributed by atoms with Crippen molar-refractivity contribution in [3.63, 3.8) is 0 Å². The van der Waals surface area contributed by atoms with E-state index in [0.29, 0.717) is 0 Å². The van der Waals surface area contributed by atoms with Crippen molar-refractivity contribution in [1.29, 1.82) is 0 Å². The molecule has 1 aromatic carbocycles. The molecule has 0 fully saturated rings. The third-order valence-corrected chi connectivity index (χ3v) is 3.55. The number of hydrogen-bond donors (Lipinski definition) is 2. The molecule has 0 heterocycles. The molecule has 0 bridgehead atoms. The zero-order chi connectivity index (χ0) is 14.8. The topological polar surface area (TPSA) is 63.3 Å². The maximum atomic E-state index is 11.3. The van der Waals surface area contributed by atoms with Crippen LogP contribution in [0.1, 0.15) is 51.8 Å². The van der Waals surface area contributed by atoms with Crippen LogP contribution in [0, 0.1) is 11.8 Å². The second kappa shape index (κ2) is 5.74. The van der Waals surface area contributed by atoms with Crippen molar-refractivity contribution in [2.24, 2.45) is 17.6 Å². The summed E-state index contributed by atoms with van der Waals surface area (Å²) in [5.74, 6) is -1.38. The van der Waals surface area contributed by atoms with E-state index in [2.05, 4.69) is 20.8 Å². The molecule has 0 amide bonds. The van der Waals surface area contributed by atoms with Gasteiger partial charge in [-0.1, -0.05) is 58.9 Å². The Hall–Kier alpha value is -1.35. The summed E-state index contributed by atoms with van der Waals surface area (Å²) >= 11 is 0. The first-order chi connectivity index (χ1) is 8.64.